The van der Waals surface area contributed by atoms with E-state index in [1.807, 2.05) is 6.08 Å². The maximum atomic E-state index is 6.59. The molecule has 2 fully saturated rings. The topological polar surface area (TPSA) is 81.6 Å². The first-order valence-corrected chi connectivity index (χ1v) is 13.1. The number of allylic oxidation sites excluding steroid dienone is 1. The maximum absolute atomic E-state index is 6.59. The number of nitrogens with two attached hydrogens (primary N) is 1. The van der Waals surface area contributed by atoms with Crippen molar-refractivity contribution in [2.45, 2.75) is 24.8 Å². The first-order chi connectivity index (χ1) is 18.2. The van der Waals surface area contributed by atoms with Crippen molar-refractivity contribution in [3.05, 3.63) is 84.2 Å². The molecule has 186 valence electrons. The average molecular weight is 491 g/mol. The first-order valence-electron chi connectivity index (χ1n) is 13.1. The summed E-state index contributed by atoms with van der Waals surface area (Å²) in [5.41, 5.74) is 14.4. The fourth-order valence-corrected chi connectivity index (χ4v) is 5.52. The summed E-state index contributed by atoms with van der Waals surface area (Å²) >= 11 is 0. The van der Waals surface area contributed by atoms with Crippen LogP contribution in [0.3, 0.4) is 0 Å². The zero-order chi connectivity index (χ0) is 24.8. The van der Waals surface area contributed by atoms with Crippen molar-refractivity contribution >= 4 is 22.6 Å². The summed E-state index contributed by atoms with van der Waals surface area (Å²) in [6, 6.07) is 21.3. The number of benzene rings is 2. The summed E-state index contributed by atoms with van der Waals surface area (Å²) in [7, 11) is 0. The Morgan fingerprint density at radius 1 is 0.892 bits per heavy atom. The normalized spacial score (nSPS) is 18.7. The van der Waals surface area contributed by atoms with E-state index in [0.717, 1.165) is 78.8 Å². The van der Waals surface area contributed by atoms with Crippen LogP contribution in [0.5, 0.6) is 0 Å². The molecule has 2 N–H and O–H groups in total. The van der Waals surface area contributed by atoms with Gasteiger partial charge in [-0.2, -0.15) is 0 Å². The highest BCUT2D eigenvalue weighted by Crippen LogP contribution is 2.39. The predicted octanol–water partition coefficient (Wildman–Crippen LogP) is 4.62. The van der Waals surface area contributed by atoms with Crippen LogP contribution in [0.1, 0.15) is 30.7 Å². The van der Waals surface area contributed by atoms with E-state index in [9.17, 15) is 0 Å². The molecule has 4 heterocycles. The van der Waals surface area contributed by atoms with Crippen LogP contribution < -0.4 is 10.6 Å². The van der Waals surface area contributed by atoms with Crippen LogP contribution in [0.25, 0.3) is 28.1 Å². The van der Waals surface area contributed by atoms with Crippen molar-refractivity contribution in [1.82, 2.24) is 14.5 Å². The van der Waals surface area contributed by atoms with Crippen LogP contribution >= 0.6 is 0 Å². The van der Waals surface area contributed by atoms with Crippen molar-refractivity contribution in [3.63, 3.8) is 0 Å². The van der Waals surface area contributed by atoms with Crippen LogP contribution in [0, 0.1) is 0 Å². The van der Waals surface area contributed by atoms with Gasteiger partial charge >= 0.3 is 0 Å². The van der Waals surface area contributed by atoms with Gasteiger partial charge in [0.05, 0.1) is 25.5 Å². The van der Waals surface area contributed by atoms with Gasteiger partial charge in [-0.05, 0) is 67.3 Å². The number of fused-ring (bicyclic) bond motifs is 1. The monoisotopic (exact) mass is 490 g/mol. The van der Waals surface area contributed by atoms with Gasteiger partial charge < -0.3 is 15.4 Å². The molecule has 0 spiro atoms. The molecule has 1 aliphatic carbocycles. The molecule has 7 nitrogen and oxygen atoms in total. The first kappa shape index (κ1) is 22.4. The molecule has 0 atom stereocenters. The van der Waals surface area contributed by atoms with E-state index in [0.29, 0.717) is 6.54 Å². The van der Waals surface area contributed by atoms with E-state index in [1.54, 1.807) is 0 Å². The van der Waals surface area contributed by atoms with Crippen LogP contribution in [-0.2, 0) is 10.3 Å². The highest BCUT2D eigenvalue weighted by atomic mass is 16.5. The Morgan fingerprint density at radius 2 is 1.73 bits per heavy atom. The number of hydrogen-bond donors (Lipinski definition) is 1. The third kappa shape index (κ3) is 3.95. The molecule has 0 unspecified atom stereocenters. The number of morpholine rings is 1. The molecule has 1 saturated carbocycles. The minimum Gasteiger partial charge on any atom is -0.378 e. The minimum atomic E-state index is -0.187. The number of nitrogens with zero attached hydrogens (tertiary/aromatic N) is 5. The molecule has 37 heavy (non-hydrogen) atoms. The molecule has 1 saturated heterocycles. The van der Waals surface area contributed by atoms with Crippen molar-refractivity contribution in [1.29, 1.82) is 0 Å². The third-order valence-corrected chi connectivity index (χ3v) is 7.84. The molecule has 2 aromatic carbocycles. The lowest BCUT2D eigenvalue weighted by molar-refractivity contribution is 0.122. The molecule has 7 rings (SSSR count). The van der Waals surface area contributed by atoms with Crippen LogP contribution in [0.2, 0.25) is 0 Å². The largest absolute Gasteiger partial charge is 0.378 e. The number of rotatable bonds is 5. The molecular formula is C30H30N6O. The van der Waals surface area contributed by atoms with E-state index < -0.39 is 0 Å². The molecule has 2 aromatic heterocycles. The fraction of sp³-hybridized carbons (Fsp3) is 0.300. The van der Waals surface area contributed by atoms with E-state index in [-0.39, 0.29) is 5.54 Å². The summed E-state index contributed by atoms with van der Waals surface area (Å²) in [5, 5.41) is 0. The lowest BCUT2D eigenvalue weighted by Gasteiger charge is -2.38. The Labute approximate surface area is 216 Å². The Hall–Kier alpha value is -3.81. The van der Waals surface area contributed by atoms with Gasteiger partial charge in [-0.25, -0.2) is 9.97 Å². The van der Waals surface area contributed by atoms with Gasteiger partial charge in [-0.15, -0.1) is 0 Å². The van der Waals surface area contributed by atoms with E-state index in [1.165, 1.54) is 17.7 Å². The number of pyridine rings is 1. The Bertz CT molecular complexity index is 1520. The number of aliphatic imine (C=N–C) groups is 1. The molecule has 2 aliphatic heterocycles. The van der Waals surface area contributed by atoms with Gasteiger partial charge in [-0.1, -0.05) is 30.3 Å². The third-order valence-electron chi connectivity index (χ3n) is 7.84. The van der Waals surface area contributed by atoms with Crippen LogP contribution in [0.15, 0.2) is 77.8 Å². The summed E-state index contributed by atoms with van der Waals surface area (Å²) in [5.74, 6) is 0.814. The summed E-state index contributed by atoms with van der Waals surface area (Å²) in [4.78, 5) is 17.2. The van der Waals surface area contributed by atoms with Crippen LogP contribution in [-0.4, -0.2) is 53.1 Å². The van der Waals surface area contributed by atoms with Crippen molar-refractivity contribution in [3.8, 4) is 16.9 Å². The van der Waals surface area contributed by atoms with E-state index >= 15 is 0 Å². The van der Waals surface area contributed by atoms with Gasteiger partial charge in [0.1, 0.15) is 11.2 Å². The second-order valence-electron chi connectivity index (χ2n) is 10.1. The van der Waals surface area contributed by atoms with Crippen molar-refractivity contribution in [2.75, 3.05) is 37.7 Å². The van der Waals surface area contributed by atoms with Gasteiger partial charge in [-0.3, -0.25) is 9.56 Å². The molecule has 3 aliphatic rings. The standard InChI is InChI=1S/C30H30N6O/c31-30(13-3-14-30)22-7-9-23(10-8-22)36-28(26-6-2-15-32-26)34-27-12-11-25(33-29(27)36)21-4-1-5-24(20-21)35-16-18-37-19-17-35/h1-2,4-12,20H,3,13-19,31H2. The summed E-state index contributed by atoms with van der Waals surface area (Å²) in [6.45, 7) is 4.02. The predicted molar refractivity (Wildman–Crippen MR) is 148 cm³/mol. The molecule has 0 amide bonds. The smallest absolute Gasteiger partial charge is 0.165 e. The average Bonchev–Trinajstić information content (AvgIpc) is 3.60. The van der Waals surface area contributed by atoms with Crippen molar-refractivity contribution in [2.24, 2.45) is 10.7 Å². The van der Waals surface area contributed by atoms with Crippen molar-refractivity contribution < 1.29 is 4.74 Å². The number of ether oxygens (including phenoxy) is 1. The Morgan fingerprint density at radius 3 is 2.46 bits per heavy atom. The number of imidazole rings is 1. The zero-order valence-corrected chi connectivity index (χ0v) is 20.8. The quantitative estimate of drug-likeness (QED) is 0.441. The Balaban J connectivity index is 1.33. The molecule has 0 radical (unpaired) electrons. The summed E-state index contributed by atoms with van der Waals surface area (Å²) in [6.07, 6.45) is 7.39. The van der Waals surface area contributed by atoms with Gasteiger partial charge in [0.15, 0.2) is 11.5 Å². The summed E-state index contributed by atoms with van der Waals surface area (Å²) < 4.78 is 7.67. The Kier molecular flexibility index (Phi) is 5.41. The second kappa shape index (κ2) is 8.94. The van der Waals surface area contributed by atoms with E-state index in [4.69, 9.17) is 20.4 Å². The number of anilines is 1. The molecular weight excluding hydrogens is 460 g/mol. The lowest BCUT2D eigenvalue weighted by Crippen LogP contribution is -2.43. The van der Waals surface area contributed by atoms with Crippen LogP contribution in [0.4, 0.5) is 5.69 Å². The molecule has 4 aromatic rings. The van der Waals surface area contributed by atoms with Gasteiger partial charge in [0, 0.05) is 35.6 Å². The highest BCUT2D eigenvalue weighted by molar-refractivity contribution is 6.09. The number of hydrogen-bond acceptors (Lipinski definition) is 6. The van der Waals surface area contributed by atoms with Gasteiger partial charge in [0.25, 0.3) is 0 Å². The second-order valence-corrected chi connectivity index (χ2v) is 10.1. The molecule has 7 heteroatoms. The van der Waals surface area contributed by atoms with E-state index in [2.05, 4.69) is 81.2 Å². The molecule has 0 bridgehead atoms. The SMILES string of the molecule is NC1(c2ccc(-n3c(C4=NCC=C4)nc4ccc(-c5cccc(N6CCOCC6)c5)nc43)cc2)CCC1. The zero-order valence-electron chi connectivity index (χ0n) is 20.8. The maximum Gasteiger partial charge on any atom is 0.165 e. The lowest BCUT2D eigenvalue weighted by atomic mass is 9.73. The fourth-order valence-electron chi connectivity index (χ4n) is 5.52. The van der Waals surface area contributed by atoms with Gasteiger partial charge in [0.2, 0.25) is 0 Å². The minimum absolute atomic E-state index is 0.187. The highest BCUT2D eigenvalue weighted by Gasteiger charge is 2.34. The number of aromatic nitrogens is 3.